The number of thioether (sulfide) groups is 1. The van der Waals surface area contributed by atoms with Gasteiger partial charge in [0.25, 0.3) is 0 Å². The molecular formula is C15H19N3O2S2. The van der Waals surface area contributed by atoms with Crippen molar-refractivity contribution >= 4 is 33.9 Å². The van der Waals surface area contributed by atoms with Crippen LogP contribution < -0.4 is 5.32 Å². The fourth-order valence-corrected chi connectivity index (χ4v) is 3.93. The molecule has 0 spiro atoms. The largest absolute Gasteiger partial charge is 0.355 e. The van der Waals surface area contributed by atoms with Crippen LogP contribution in [0.5, 0.6) is 0 Å². The van der Waals surface area contributed by atoms with Gasteiger partial charge in [0.05, 0.1) is 12.7 Å². The van der Waals surface area contributed by atoms with E-state index in [-0.39, 0.29) is 6.10 Å². The molecule has 0 unspecified atom stereocenters. The van der Waals surface area contributed by atoms with Gasteiger partial charge in [0.2, 0.25) is 5.13 Å². The number of aryl methyl sites for hydroxylation is 1. The maximum absolute atomic E-state index is 5.52. The van der Waals surface area contributed by atoms with Crippen LogP contribution in [0.4, 0.5) is 10.8 Å². The molecule has 0 bridgehead atoms. The quantitative estimate of drug-likeness (QED) is 0.811. The van der Waals surface area contributed by atoms with Crippen LogP contribution in [-0.2, 0) is 15.9 Å². The maximum Gasteiger partial charge on any atom is 0.210 e. The van der Waals surface area contributed by atoms with E-state index in [0.717, 1.165) is 40.4 Å². The van der Waals surface area contributed by atoms with Gasteiger partial charge >= 0.3 is 0 Å². The Hall–Kier alpha value is -1.15. The van der Waals surface area contributed by atoms with Crippen LogP contribution in [0.3, 0.4) is 0 Å². The minimum Gasteiger partial charge on any atom is -0.355 e. The summed E-state index contributed by atoms with van der Waals surface area (Å²) in [6, 6.07) is 8.40. The van der Waals surface area contributed by atoms with E-state index in [1.165, 1.54) is 5.56 Å². The smallest absolute Gasteiger partial charge is 0.210 e. The second-order valence-electron chi connectivity index (χ2n) is 4.96. The summed E-state index contributed by atoms with van der Waals surface area (Å²) in [5.74, 6) is 0.892. The Morgan fingerprint density at radius 3 is 2.91 bits per heavy atom. The summed E-state index contributed by atoms with van der Waals surface area (Å²) in [5.41, 5.74) is 2.37. The summed E-state index contributed by atoms with van der Waals surface area (Å²) in [6.07, 6.45) is 2.25. The molecule has 2 heterocycles. The summed E-state index contributed by atoms with van der Waals surface area (Å²) >= 11 is 3.26. The topological polar surface area (TPSA) is 56.3 Å². The minimum absolute atomic E-state index is 0.251. The lowest BCUT2D eigenvalue weighted by atomic mass is 10.1. The van der Waals surface area contributed by atoms with Gasteiger partial charge in [0.1, 0.15) is 6.79 Å². The molecule has 1 atom stereocenters. The molecule has 5 nitrogen and oxygen atoms in total. The first-order valence-corrected chi connectivity index (χ1v) is 9.15. The fraction of sp³-hybridized carbons (Fsp3) is 0.467. The van der Waals surface area contributed by atoms with Crippen LogP contribution in [0, 0.1) is 0 Å². The fourth-order valence-electron chi connectivity index (χ4n) is 2.06. The Labute approximate surface area is 138 Å². The third kappa shape index (κ3) is 4.42. The lowest BCUT2D eigenvalue weighted by molar-refractivity contribution is -0.130. The van der Waals surface area contributed by atoms with Gasteiger partial charge in [0, 0.05) is 11.4 Å². The van der Waals surface area contributed by atoms with Gasteiger partial charge in [-0.05, 0) is 30.5 Å². The third-order valence-electron chi connectivity index (χ3n) is 3.38. The van der Waals surface area contributed by atoms with Crippen LogP contribution in [0.2, 0.25) is 0 Å². The van der Waals surface area contributed by atoms with Gasteiger partial charge in [-0.25, -0.2) is 0 Å². The van der Waals surface area contributed by atoms with E-state index < -0.39 is 0 Å². The highest BCUT2D eigenvalue weighted by atomic mass is 32.2. The van der Waals surface area contributed by atoms with E-state index in [9.17, 15) is 0 Å². The maximum atomic E-state index is 5.52. The number of rotatable bonds is 6. The molecule has 1 aliphatic heterocycles. The minimum atomic E-state index is 0.251. The molecule has 1 saturated heterocycles. The molecule has 2 aromatic rings. The van der Waals surface area contributed by atoms with Gasteiger partial charge in [-0.3, -0.25) is 0 Å². The van der Waals surface area contributed by atoms with Crippen molar-refractivity contribution in [2.45, 2.75) is 30.2 Å². The first-order valence-electron chi connectivity index (χ1n) is 7.35. The van der Waals surface area contributed by atoms with Crippen molar-refractivity contribution in [1.82, 2.24) is 10.2 Å². The number of hydrogen-bond acceptors (Lipinski definition) is 7. The van der Waals surface area contributed by atoms with E-state index in [0.29, 0.717) is 6.79 Å². The standard InChI is InChI=1S/C15H19N3O2S2/c1-2-11-3-5-12(6-4-11)16-14-17-18-15(22-14)21-9-13-7-8-19-10-20-13/h3-6,13H,2,7-10H2,1H3,(H,16,17)/t13-/m0/s1. The molecular weight excluding hydrogens is 318 g/mol. The zero-order valence-electron chi connectivity index (χ0n) is 12.4. The molecule has 1 aromatic heterocycles. The van der Waals surface area contributed by atoms with Crippen LogP contribution >= 0.6 is 23.1 Å². The molecule has 7 heteroatoms. The highest BCUT2D eigenvalue weighted by Gasteiger charge is 2.15. The zero-order chi connectivity index (χ0) is 15.2. The Balaban J connectivity index is 1.51. The summed E-state index contributed by atoms with van der Waals surface area (Å²) in [7, 11) is 0. The Bertz CT molecular complexity index is 583. The lowest BCUT2D eigenvalue weighted by Crippen LogP contribution is -2.25. The van der Waals surface area contributed by atoms with Crippen molar-refractivity contribution in [2.24, 2.45) is 0 Å². The van der Waals surface area contributed by atoms with Crippen molar-refractivity contribution < 1.29 is 9.47 Å². The highest BCUT2D eigenvalue weighted by Crippen LogP contribution is 2.29. The molecule has 3 rings (SSSR count). The number of aromatic nitrogens is 2. The van der Waals surface area contributed by atoms with E-state index in [1.54, 1.807) is 23.1 Å². The number of anilines is 2. The summed E-state index contributed by atoms with van der Waals surface area (Å²) < 4.78 is 11.7. The Kier molecular flexibility index (Phi) is 5.66. The van der Waals surface area contributed by atoms with Gasteiger partial charge in [-0.1, -0.05) is 42.2 Å². The molecule has 0 saturated carbocycles. The van der Waals surface area contributed by atoms with E-state index in [1.807, 2.05) is 0 Å². The number of nitrogens with zero attached hydrogens (tertiary/aromatic N) is 2. The number of benzene rings is 1. The zero-order valence-corrected chi connectivity index (χ0v) is 14.1. The normalized spacial score (nSPS) is 18.3. The van der Waals surface area contributed by atoms with Gasteiger partial charge in [-0.15, -0.1) is 10.2 Å². The van der Waals surface area contributed by atoms with Crippen molar-refractivity contribution in [2.75, 3.05) is 24.5 Å². The third-order valence-corrected chi connectivity index (χ3v) is 5.49. The SMILES string of the molecule is CCc1ccc(Nc2nnc(SC[C@@H]3CCOCO3)s2)cc1. The van der Waals surface area contributed by atoms with Crippen molar-refractivity contribution in [3.63, 3.8) is 0 Å². The average molecular weight is 337 g/mol. The summed E-state index contributed by atoms with van der Waals surface area (Å²) in [4.78, 5) is 0. The number of hydrogen-bond donors (Lipinski definition) is 1. The second-order valence-corrected chi connectivity index (χ2v) is 7.21. The molecule has 22 heavy (non-hydrogen) atoms. The monoisotopic (exact) mass is 337 g/mol. The molecule has 1 aliphatic rings. The van der Waals surface area contributed by atoms with E-state index in [2.05, 4.69) is 46.7 Å². The highest BCUT2D eigenvalue weighted by molar-refractivity contribution is 8.01. The van der Waals surface area contributed by atoms with Crippen LogP contribution in [-0.4, -0.2) is 35.5 Å². The van der Waals surface area contributed by atoms with Gasteiger partial charge < -0.3 is 14.8 Å². The van der Waals surface area contributed by atoms with E-state index >= 15 is 0 Å². The first-order chi connectivity index (χ1) is 10.8. The van der Waals surface area contributed by atoms with Crippen LogP contribution in [0.25, 0.3) is 0 Å². The van der Waals surface area contributed by atoms with Gasteiger partial charge in [0.15, 0.2) is 4.34 Å². The average Bonchev–Trinajstić information content (AvgIpc) is 3.02. The van der Waals surface area contributed by atoms with Crippen LogP contribution in [0.15, 0.2) is 28.6 Å². The van der Waals surface area contributed by atoms with Crippen LogP contribution in [0.1, 0.15) is 18.9 Å². The van der Waals surface area contributed by atoms with Gasteiger partial charge in [-0.2, -0.15) is 0 Å². The molecule has 0 amide bonds. The molecule has 0 radical (unpaired) electrons. The Morgan fingerprint density at radius 2 is 2.18 bits per heavy atom. The van der Waals surface area contributed by atoms with Crippen molar-refractivity contribution in [3.8, 4) is 0 Å². The molecule has 118 valence electrons. The van der Waals surface area contributed by atoms with Crippen molar-refractivity contribution in [1.29, 1.82) is 0 Å². The van der Waals surface area contributed by atoms with E-state index in [4.69, 9.17) is 9.47 Å². The first kappa shape index (κ1) is 15.7. The summed E-state index contributed by atoms with van der Waals surface area (Å²) in [6.45, 7) is 3.34. The molecule has 1 aromatic carbocycles. The predicted molar refractivity (Wildman–Crippen MR) is 90.0 cm³/mol. The molecule has 1 N–H and O–H groups in total. The summed E-state index contributed by atoms with van der Waals surface area (Å²) in [5, 5.41) is 12.5. The molecule has 0 aliphatic carbocycles. The number of nitrogens with one attached hydrogen (secondary N) is 1. The lowest BCUT2D eigenvalue weighted by Gasteiger charge is -2.21. The molecule has 1 fully saturated rings. The Morgan fingerprint density at radius 1 is 1.32 bits per heavy atom. The second kappa shape index (κ2) is 7.92. The number of ether oxygens (including phenoxy) is 2. The predicted octanol–water partition coefficient (Wildman–Crippen LogP) is 3.70. The van der Waals surface area contributed by atoms with Crippen molar-refractivity contribution in [3.05, 3.63) is 29.8 Å².